The van der Waals surface area contributed by atoms with E-state index >= 15 is 0 Å². The number of thiazole rings is 1. The predicted octanol–water partition coefficient (Wildman–Crippen LogP) is 3.68. The van der Waals surface area contributed by atoms with Gasteiger partial charge in [-0.1, -0.05) is 29.8 Å². The Morgan fingerprint density at radius 1 is 1.14 bits per heavy atom. The maximum absolute atomic E-state index is 12.7. The third-order valence-corrected chi connectivity index (χ3v) is 6.10. The van der Waals surface area contributed by atoms with Gasteiger partial charge >= 0.3 is 0 Å². The molecule has 0 radical (unpaired) electrons. The van der Waals surface area contributed by atoms with E-state index in [0.717, 1.165) is 37.2 Å². The zero-order chi connectivity index (χ0) is 21.0. The van der Waals surface area contributed by atoms with E-state index in [1.165, 1.54) is 16.9 Å². The number of aryl methyl sites for hydroxylation is 1. The second kappa shape index (κ2) is 9.50. The maximum Gasteiger partial charge on any atom is 0.243 e. The minimum absolute atomic E-state index is 0.0416. The largest absolute Gasteiger partial charge is 0.354 e. The molecule has 2 heterocycles. The van der Waals surface area contributed by atoms with Crippen molar-refractivity contribution in [3.63, 3.8) is 0 Å². The summed E-state index contributed by atoms with van der Waals surface area (Å²) in [6.07, 6.45) is 1.57. The molecule has 2 N–H and O–H groups in total. The highest BCUT2D eigenvalue weighted by molar-refractivity contribution is 7.14. The Labute approximate surface area is 176 Å². The Morgan fingerprint density at radius 3 is 2.41 bits per heavy atom. The number of carbonyl (C=O) groups excluding carboxylic acids is 2. The number of anilines is 1. The van der Waals surface area contributed by atoms with Gasteiger partial charge in [-0.2, -0.15) is 0 Å². The maximum atomic E-state index is 12.7. The molecule has 1 atom stereocenters. The molecular weight excluding hydrogens is 384 g/mol. The van der Waals surface area contributed by atoms with Gasteiger partial charge in [0.25, 0.3) is 0 Å². The lowest BCUT2D eigenvalue weighted by atomic mass is 9.94. The lowest BCUT2D eigenvalue weighted by Crippen LogP contribution is -2.48. The second-order valence-electron chi connectivity index (χ2n) is 8.04. The standard InChI is InChI=1S/C22H30N4O2S/c1-14(2)23-21(28)18-9-11-26(12-10-18)16(4)20(27)25-22-24-19(13-29-22)17-7-5-15(3)6-8-17/h5-8,13-14,16,18H,9-12H2,1-4H3,(H,23,28)(H,24,25,27). The van der Waals surface area contributed by atoms with E-state index in [4.69, 9.17) is 0 Å². The molecule has 29 heavy (non-hydrogen) atoms. The molecule has 1 fully saturated rings. The van der Waals surface area contributed by atoms with Crippen LogP contribution in [0.25, 0.3) is 11.3 Å². The number of amides is 2. The number of nitrogens with one attached hydrogen (secondary N) is 2. The SMILES string of the molecule is Cc1ccc(-c2csc(NC(=O)C(C)N3CCC(C(=O)NC(C)C)CC3)n2)cc1. The molecule has 0 saturated carbocycles. The van der Waals surface area contributed by atoms with Crippen molar-refractivity contribution >= 4 is 28.3 Å². The van der Waals surface area contributed by atoms with Gasteiger partial charge in [-0.05, 0) is 53.6 Å². The summed E-state index contributed by atoms with van der Waals surface area (Å²) >= 11 is 1.44. The molecular formula is C22H30N4O2S. The molecule has 1 aromatic carbocycles. The van der Waals surface area contributed by atoms with Crippen LogP contribution in [0.3, 0.4) is 0 Å². The molecule has 156 valence electrons. The normalized spacial score (nSPS) is 16.6. The van der Waals surface area contributed by atoms with Gasteiger partial charge in [-0.25, -0.2) is 4.98 Å². The van der Waals surface area contributed by atoms with Crippen molar-refractivity contribution in [1.29, 1.82) is 0 Å². The first-order chi connectivity index (χ1) is 13.8. The van der Waals surface area contributed by atoms with Crippen molar-refractivity contribution in [2.24, 2.45) is 5.92 Å². The van der Waals surface area contributed by atoms with Crippen LogP contribution in [0.1, 0.15) is 39.2 Å². The smallest absolute Gasteiger partial charge is 0.243 e. The summed E-state index contributed by atoms with van der Waals surface area (Å²) in [6.45, 7) is 9.41. The van der Waals surface area contributed by atoms with Crippen molar-refractivity contribution in [3.05, 3.63) is 35.2 Å². The van der Waals surface area contributed by atoms with Gasteiger partial charge in [-0.3, -0.25) is 14.5 Å². The van der Waals surface area contributed by atoms with Crippen LogP contribution in [-0.4, -0.2) is 46.9 Å². The first-order valence-electron chi connectivity index (χ1n) is 10.2. The quantitative estimate of drug-likeness (QED) is 0.756. The summed E-state index contributed by atoms with van der Waals surface area (Å²) in [5.74, 6) is 0.114. The zero-order valence-electron chi connectivity index (χ0n) is 17.6. The number of carbonyl (C=O) groups is 2. The fourth-order valence-electron chi connectivity index (χ4n) is 3.52. The Balaban J connectivity index is 1.52. The van der Waals surface area contributed by atoms with Crippen LogP contribution < -0.4 is 10.6 Å². The molecule has 0 spiro atoms. The number of rotatable bonds is 6. The minimum Gasteiger partial charge on any atom is -0.354 e. The molecule has 1 unspecified atom stereocenters. The van der Waals surface area contributed by atoms with Crippen LogP contribution in [0.4, 0.5) is 5.13 Å². The lowest BCUT2D eigenvalue weighted by molar-refractivity contribution is -0.127. The van der Waals surface area contributed by atoms with Crippen LogP contribution in [-0.2, 0) is 9.59 Å². The van der Waals surface area contributed by atoms with E-state index in [9.17, 15) is 9.59 Å². The summed E-state index contributed by atoms with van der Waals surface area (Å²) < 4.78 is 0. The summed E-state index contributed by atoms with van der Waals surface area (Å²) in [5.41, 5.74) is 3.12. The van der Waals surface area contributed by atoms with Gasteiger partial charge in [-0.15, -0.1) is 11.3 Å². The van der Waals surface area contributed by atoms with E-state index < -0.39 is 0 Å². The number of hydrogen-bond donors (Lipinski definition) is 2. The molecule has 1 aromatic heterocycles. The van der Waals surface area contributed by atoms with Crippen molar-refractivity contribution in [2.75, 3.05) is 18.4 Å². The lowest BCUT2D eigenvalue weighted by Gasteiger charge is -2.34. The van der Waals surface area contributed by atoms with E-state index in [1.807, 2.05) is 38.3 Å². The molecule has 6 nitrogen and oxygen atoms in total. The fraction of sp³-hybridized carbons (Fsp3) is 0.500. The van der Waals surface area contributed by atoms with Crippen molar-refractivity contribution in [2.45, 2.75) is 52.6 Å². The van der Waals surface area contributed by atoms with E-state index in [1.54, 1.807) is 0 Å². The molecule has 1 aliphatic rings. The van der Waals surface area contributed by atoms with E-state index in [2.05, 4.69) is 39.6 Å². The summed E-state index contributed by atoms with van der Waals surface area (Å²) in [4.78, 5) is 31.6. The second-order valence-corrected chi connectivity index (χ2v) is 8.90. The Hall–Kier alpha value is -2.25. The highest BCUT2D eigenvalue weighted by Crippen LogP contribution is 2.26. The topological polar surface area (TPSA) is 74.3 Å². The van der Waals surface area contributed by atoms with Crippen molar-refractivity contribution in [3.8, 4) is 11.3 Å². The van der Waals surface area contributed by atoms with Crippen LogP contribution in [0.5, 0.6) is 0 Å². The minimum atomic E-state index is -0.254. The molecule has 0 aliphatic carbocycles. The molecule has 1 saturated heterocycles. The Morgan fingerprint density at radius 2 is 1.79 bits per heavy atom. The van der Waals surface area contributed by atoms with Gasteiger partial charge in [0.05, 0.1) is 11.7 Å². The third-order valence-electron chi connectivity index (χ3n) is 5.34. The number of nitrogens with zero attached hydrogens (tertiary/aromatic N) is 2. The van der Waals surface area contributed by atoms with Gasteiger partial charge in [0.2, 0.25) is 11.8 Å². The first kappa shape index (κ1) is 21.5. The average Bonchev–Trinajstić information content (AvgIpc) is 3.16. The van der Waals surface area contributed by atoms with Crippen LogP contribution in [0.15, 0.2) is 29.6 Å². The Kier molecular flexibility index (Phi) is 7.03. The van der Waals surface area contributed by atoms with E-state index in [0.29, 0.717) is 5.13 Å². The van der Waals surface area contributed by atoms with Crippen LogP contribution in [0, 0.1) is 12.8 Å². The monoisotopic (exact) mass is 414 g/mol. The van der Waals surface area contributed by atoms with Gasteiger partial charge in [0.15, 0.2) is 5.13 Å². The summed E-state index contributed by atoms with van der Waals surface area (Å²) in [5, 5.41) is 8.51. The predicted molar refractivity (Wildman–Crippen MR) is 118 cm³/mol. The fourth-order valence-corrected chi connectivity index (χ4v) is 4.24. The van der Waals surface area contributed by atoms with E-state index in [-0.39, 0.29) is 29.8 Å². The summed E-state index contributed by atoms with van der Waals surface area (Å²) in [7, 11) is 0. The molecule has 1 aliphatic heterocycles. The van der Waals surface area contributed by atoms with Crippen LogP contribution in [0.2, 0.25) is 0 Å². The molecule has 7 heteroatoms. The molecule has 3 rings (SSSR count). The number of hydrogen-bond acceptors (Lipinski definition) is 5. The molecule has 2 aromatic rings. The Bertz CT molecular complexity index is 839. The highest BCUT2D eigenvalue weighted by atomic mass is 32.1. The van der Waals surface area contributed by atoms with Crippen LogP contribution >= 0.6 is 11.3 Å². The van der Waals surface area contributed by atoms with Gasteiger partial charge < -0.3 is 10.6 Å². The summed E-state index contributed by atoms with van der Waals surface area (Å²) in [6, 6.07) is 8.10. The molecule has 0 bridgehead atoms. The highest BCUT2D eigenvalue weighted by Gasteiger charge is 2.30. The van der Waals surface area contributed by atoms with Gasteiger partial charge in [0.1, 0.15) is 0 Å². The van der Waals surface area contributed by atoms with Crippen molar-refractivity contribution < 1.29 is 9.59 Å². The number of benzene rings is 1. The number of likely N-dealkylation sites (tertiary alicyclic amines) is 1. The average molecular weight is 415 g/mol. The molecule has 2 amide bonds. The first-order valence-corrected chi connectivity index (χ1v) is 11.1. The number of aromatic nitrogens is 1. The zero-order valence-corrected chi connectivity index (χ0v) is 18.4. The third kappa shape index (κ3) is 5.64. The van der Waals surface area contributed by atoms with Gasteiger partial charge in [0, 0.05) is 22.9 Å². The van der Waals surface area contributed by atoms with Crippen molar-refractivity contribution in [1.82, 2.24) is 15.2 Å². The number of piperidine rings is 1.